The first-order valence-electron chi connectivity index (χ1n) is 12.0. The molecule has 2 aromatic heterocycles. The molecule has 1 aliphatic carbocycles. The zero-order valence-corrected chi connectivity index (χ0v) is 21.9. The SMILES string of the molecule is Cc1ccc(-n2c(SCC(=O)Nc3sc4c(c3C#N)CCCCC4)nc3ccccc3c2=O)cc1C. The number of rotatable bonds is 5. The molecule has 0 bridgehead atoms. The van der Waals surface area contributed by atoms with E-state index >= 15 is 0 Å². The number of hydrogen-bond acceptors (Lipinski definition) is 6. The number of carbonyl (C=O) groups is 1. The molecule has 6 nitrogen and oxygen atoms in total. The number of aryl methyl sites for hydroxylation is 3. The summed E-state index contributed by atoms with van der Waals surface area (Å²) in [5.41, 5.74) is 5.06. The second kappa shape index (κ2) is 10.3. The lowest BCUT2D eigenvalue weighted by atomic mass is 10.1. The number of nitrogens with zero attached hydrogens (tertiary/aromatic N) is 3. The smallest absolute Gasteiger partial charge is 0.266 e. The van der Waals surface area contributed by atoms with Gasteiger partial charge in [0.25, 0.3) is 5.56 Å². The fourth-order valence-electron chi connectivity index (χ4n) is 4.54. The second-order valence-corrected chi connectivity index (χ2v) is 11.1. The zero-order valence-electron chi connectivity index (χ0n) is 20.3. The number of para-hydroxylation sites is 1. The molecule has 1 amide bonds. The summed E-state index contributed by atoms with van der Waals surface area (Å²) < 4.78 is 1.58. The van der Waals surface area contributed by atoms with Crippen molar-refractivity contribution >= 4 is 44.9 Å². The minimum Gasteiger partial charge on any atom is -0.316 e. The number of aromatic nitrogens is 2. The fourth-order valence-corrected chi connectivity index (χ4v) is 6.61. The first-order chi connectivity index (χ1) is 17.5. The molecule has 0 fully saturated rings. The summed E-state index contributed by atoms with van der Waals surface area (Å²) in [5.74, 6) is -0.148. The lowest BCUT2D eigenvalue weighted by Gasteiger charge is -2.14. The standard InChI is InChI=1S/C28H26N4O2S2/c1-17-12-13-19(14-18(17)2)32-27(34)21-9-6-7-10-23(21)30-28(32)35-16-25(33)31-26-22(15-29)20-8-4-3-5-11-24(20)36-26/h6-7,9-10,12-14H,3-5,8,11,16H2,1-2H3,(H,31,33). The highest BCUT2D eigenvalue weighted by atomic mass is 32.2. The van der Waals surface area contributed by atoms with Crippen molar-refractivity contribution in [1.82, 2.24) is 9.55 Å². The predicted octanol–water partition coefficient (Wildman–Crippen LogP) is 5.94. The maximum atomic E-state index is 13.5. The number of hydrogen-bond donors (Lipinski definition) is 1. The van der Waals surface area contributed by atoms with E-state index in [1.54, 1.807) is 10.6 Å². The van der Waals surface area contributed by atoms with E-state index in [0.29, 0.717) is 26.6 Å². The lowest BCUT2D eigenvalue weighted by Crippen LogP contribution is -2.23. The Morgan fingerprint density at radius 1 is 1.14 bits per heavy atom. The number of amides is 1. The normalized spacial score (nSPS) is 13.1. The fraction of sp³-hybridized carbons (Fsp3) is 0.286. The van der Waals surface area contributed by atoms with Crippen molar-refractivity contribution in [2.45, 2.75) is 51.1 Å². The van der Waals surface area contributed by atoms with Gasteiger partial charge in [0.15, 0.2) is 5.16 Å². The van der Waals surface area contributed by atoms with Crippen LogP contribution >= 0.6 is 23.1 Å². The van der Waals surface area contributed by atoms with Crippen LogP contribution < -0.4 is 10.9 Å². The van der Waals surface area contributed by atoms with E-state index in [9.17, 15) is 14.9 Å². The van der Waals surface area contributed by atoms with Gasteiger partial charge in [-0.15, -0.1) is 11.3 Å². The third-order valence-electron chi connectivity index (χ3n) is 6.61. The molecule has 36 heavy (non-hydrogen) atoms. The van der Waals surface area contributed by atoms with E-state index in [-0.39, 0.29) is 17.2 Å². The van der Waals surface area contributed by atoms with E-state index in [0.717, 1.165) is 48.1 Å². The van der Waals surface area contributed by atoms with Crippen molar-refractivity contribution in [2.24, 2.45) is 0 Å². The predicted molar refractivity (Wildman–Crippen MR) is 146 cm³/mol. The number of thiophene rings is 1. The zero-order chi connectivity index (χ0) is 25.2. The van der Waals surface area contributed by atoms with E-state index in [2.05, 4.69) is 11.4 Å². The van der Waals surface area contributed by atoms with Crippen molar-refractivity contribution in [1.29, 1.82) is 5.26 Å². The molecule has 0 unspecified atom stereocenters. The summed E-state index contributed by atoms with van der Waals surface area (Å²) in [6, 6.07) is 15.4. The topological polar surface area (TPSA) is 87.8 Å². The molecule has 1 aliphatic rings. The van der Waals surface area contributed by atoms with Crippen molar-refractivity contribution < 1.29 is 4.79 Å². The van der Waals surface area contributed by atoms with Gasteiger partial charge in [-0.05, 0) is 80.5 Å². The van der Waals surface area contributed by atoms with Gasteiger partial charge in [0.05, 0.1) is 27.9 Å². The number of anilines is 1. The van der Waals surface area contributed by atoms with Crippen molar-refractivity contribution in [2.75, 3.05) is 11.1 Å². The van der Waals surface area contributed by atoms with Gasteiger partial charge in [-0.1, -0.05) is 36.4 Å². The van der Waals surface area contributed by atoms with Crippen LogP contribution in [0.1, 0.15) is 46.4 Å². The highest BCUT2D eigenvalue weighted by molar-refractivity contribution is 7.99. The third-order valence-corrected chi connectivity index (χ3v) is 8.76. The van der Waals surface area contributed by atoms with Crippen LogP contribution in [-0.4, -0.2) is 21.2 Å². The minimum atomic E-state index is -0.220. The average Bonchev–Trinajstić information content (AvgIpc) is 3.03. The van der Waals surface area contributed by atoms with Gasteiger partial charge >= 0.3 is 0 Å². The summed E-state index contributed by atoms with van der Waals surface area (Å²) in [4.78, 5) is 32.4. The Morgan fingerprint density at radius 2 is 1.94 bits per heavy atom. The molecule has 182 valence electrons. The van der Waals surface area contributed by atoms with Crippen LogP contribution in [-0.2, 0) is 17.6 Å². The quantitative estimate of drug-likeness (QED) is 0.202. The van der Waals surface area contributed by atoms with Crippen LogP contribution in [0, 0.1) is 25.2 Å². The molecule has 5 rings (SSSR count). The Kier molecular flexibility index (Phi) is 6.95. The number of benzene rings is 2. The summed E-state index contributed by atoms with van der Waals surface area (Å²) in [5, 5.41) is 14.3. The van der Waals surface area contributed by atoms with Gasteiger partial charge in [-0.2, -0.15) is 5.26 Å². The van der Waals surface area contributed by atoms with Crippen LogP contribution in [0.25, 0.3) is 16.6 Å². The lowest BCUT2D eigenvalue weighted by molar-refractivity contribution is -0.113. The molecule has 0 radical (unpaired) electrons. The maximum Gasteiger partial charge on any atom is 0.266 e. The highest BCUT2D eigenvalue weighted by Crippen LogP contribution is 2.37. The molecule has 0 saturated carbocycles. The molecular formula is C28H26N4O2S2. The third kappa shape index (κ3) is 4.69. The molecule has 1 N–H and O–H groups in total. The summed E-state index contributed by atoms with van der Waals surface area (Å²) in [6.45, 7) is 4.04. The summed E-state index contributed by atoms with van der Waals surface area (Å²) in [7, 11) is 0. The number of carbonyl (C=O) groups excluding carboxylic acids is 1. The van der Waals surface area contributed by atoms with Crippen molar-refractivity contribution in [3.05, 3.63) is 79.9 Å². The molecule has 2 aromatic carbocycles. The molecule has 0 saturated heterocycles. The number of nitrogens with one attached hydrogen (secondary N) is 1. The first-order valence-corrected chi connectivity index (χ1v) is 13.8. The van der Waals surface area contributed by atoms with Crippen molar-refractivity contribution in [3.63, 3.8) is 0 Å². The molecular weight excluding hydrogens is 488 g/mol. The van der Waals surface area contributed by atoms with Crippen LogP contribution in [0.15, 0.2) is 52.4 Å². The maximum absolute atomic E-state index is 13.5. The van der Waals surface area contributed by atoms with Gasteiger partial charge in [-0.25, -0.2) is 4.98 Å². The van der Waals surface area contributed by atoms with Gasteiger partial charge < -0.3 is 5.32 Å². The second-order valence-electron chi connectivity index (χ2n) is 9.04. The Balaban J connectivity index is 1.45. The number of thioether (sulfide) groups is 1. The monoisotopic (exact) mass is 514 g/mol. The summed E-state index contributed by atoms with van der Waals surface area (Å²) in [6.07, 6.45) is 5.22. The molecule has 0 atom stereocenters. The summed E-state index contributed by atoms with van der Waals surface area (Å²) >= 11 is 2.74. The molecule has 4 aromatic rings. The Hall–Kier alpha value is -3.41. The number of fused-ring (bicyclic) bond motifs is 2. The highest BCUT2D eigenvalue weighted by Gasteiger charge is 2.22. The van der Waals surface area contributed by atoms with Crippen LogP contribution in [0.5, 0.6) is 0 Å². The van der Waals surface area contributed by atoms with Gasteiger partial charge in [0.2, 0.25) is 5.91 Å². The molecule has 0 spiro atoms. The van der Waals surface area contributed by atoms with Gasteiger partial charge in [-0.3, -0.25) is 14.2 Å². The Morgan fingerprint density at radius 3 is 2.75 bits per heavy atom. The molecule has 8 heteroatoms. The molecule has 0 aliphatic heterocycles. The van der Waals surface area contributed by atoms with Crippen LogP contribution in [0.4, 0.5) is 5.00 Å². The van der Waals surface area contributed by atoms with E-state index < -0.39 is 0 Å². The van der Waals surface area contributed by atoms with Gasteiger partial charge in [0, 0.05) is 4.88 Å². The van der Waals surface area contributed by atoms with E-state index in [4.69, 9.17) is 4.98 Å². The Bertz CT molecular complexity index is 1580. The van der Waals surface area contributed by atoms with E-state index in [1.807, 2.05) is 50.2 Å². The Labute approximate surface area is 218 Å². The minimum absolute atomic E-state index is 0.0725. The first kappa shape index (κ1) is 24.3. The van der Waals surface area contributed by atoms with Gasteiger partial charge in [0.1, 0.15) is 11.1 Å². The molecule has 2 heterocycles. The largest absolute Gasteiger partial charge is 0.316 e. The van der Waals surface area contributed by atoms with Crippen LogP contribution in [0.2, 0.25) is 0 Å². The van der Waals surface area contributed by atoms with Crippen LogP contribution in [0.3, 0.4) is 0 Å². The van der Waals surface area contributed by atoms with E-state index in [1.165, 1.54) is 34.4 Å². The number of nitriles is 1. The van der Waals surface area contributed by atoms with Crippen molar-refractivity contribution in [3.8, 4) is 11.8 Å². The average molecular weight is 515 g/mol.